The van der Waals surface area contributed by atoms with Gasteiger partial charge in [0, 0.05) is 111 Å². The number of hydrogen-bond donors (Lipinski definition) is 20. The molecule has 8 amide bonds. The summed E-state index contributed by atoms with van der Waals surface area (Å²) in [5, 5.41) is 78.6. The van der Waals surface area contributed by atoms with Gasteiger partial charge in [-0.15, -0.1) is 0 Å². The number of nitrogens with zero attached hydrogens (tertiary/aromatic N) is 5. The number of aliphatic carboxylic acids is 2. The fourth-order valence-corrected chi connectivity index (χ4v) is 17.1. The van der Waals surface area contributed by atoms with Crippen LogP contribution in [0.4, 0.5) is 16.4 Å². The molecule has 21 N–H and O–H groups in total. The number of aryl methyl sites for hydroxylation is 2. The van der Waals surface area contributed by atoms with Gasteiger partial charge in [-0.3, -0.25) is 77.7 Å². The molecule has 47 heteroatoms. The van der Waals surface area contributed by atoms with Crippen LogP contribution in [-0.2, 0) is 74.0 Å². The normalized spacial score (nSPS) is 20.0. The number of aromatic amines is 3. The lowest BCUT2D eigenvalue weighted by molar-refractivity contribution is -0.253. The van der Waals surface area contributed by atoms with E-state index in [0.717, 1.165) is 28.7 Å². The molecule has 1 fully saturated rings. The monoisotopic (exact) mass is 1780 g/mol. The van der Waals surface area contributed by atoms with Gasteiger partial charge in [-0.2, -0.15) is 13.4 Å². The average Bonchev–Trinajstić information content (AvgIpc) is 1.56. The summed E-state index contributed by atoms with van der Waals surface area (Å²) < 4.78 is 47.5. The number of nitrogens with one attached hydrogen (secondary N) is 12. The Morgan fingerprint density at radius 2 is 1.35 bits per heavy atom. The molecule has 3 aliphatic heterocycles. The molecule has 5 aromatic heterocycles. The van der Waals surface area contributed by atoms with E-state index in [0.29, 0.717) is 73.6 Å². The number of aliphatic hydroxyl groups excluding tert-OH is 4. The number of nitrogens with two attached hydrogens (primary N) is 1. The van der Waals surface area contributed by atoms with E-state index in [1.54, 1.807) is 19.9 Å². The highest BCUT2D eigenvalue weighted by Gasteiger charge is 2.48. The molecule has 7 unspecified atom stereocenters. The van der Waals surface area contributed by atoms with Crippen molar-refractivity contribution in [2.24, 2.45) is 0 Å². The number of carboxylic acid groups (broad SMARTS) is 2. The number of nitrogen functional groups attached to an aromatic ring is 1. The number of ether oxygens (including phenoxy) is 3. The molecular formula is C77H94N18O26S3. The molecule has 44 nitrogen and oxygen atoms in total. The number of hydrazine groups is 1. The van der Waals surface area contributed by atoms with Gasteiger partial charge in [0.15, 0.2) is 29.0 Å². The first-order chi connectivity index (χ1) is 58.8. The lowest BCUT2D eigenvalue weighted by atomic mass is 9.83. The van der Waals surface area contributed by atoms with Crippen molar-refractivity contribution in [3.63, 3.8) is 0 Å². The highest BCUT2D eigenvalue weighted by molar-refractivity contribution is 8.76. The number of rotatable bonds is 37. The average molecular weight is 1780 g/mol. The Morgan fingerprint density at radius 3 is 2.02 bits per heavy atom. The van der Waals surface area contributed by atoms with E-state index in [4.69, 9.17) is 34.5 Å². The number of Topliss-reactive ketones (excluding diaryl/α,β-unsaturated/α-hetero) is 2. The standard InChI is InChI=1S/C77H94N18O26S3/c1-8-39-31(2)43-25-48-56(35(6)97)33(4)45(84-48)23-44-32(3)40(60(87-44)58-59(74(113)119-7)65(103)57-34(5)46(88-61(57)58)24-47(39)83-43)13-15-52(98)86-50(27-55(101)91-62-66(104)64(102)51(30-96)121-75(62)114)70(107)94-95-77(115)120-19-21-123-122-20-17-42(73(111)112)90-69(106)49(26-54(100)79-18-22-124(116,117)118)85-53(99)16-14-41(72(109)110)89-68(105)36-9-11-37(12-10-36)80-28-38-29-81-67-63(82-38)71(108)93-76(78)92-67/h9-12,23-25,29,31-32,39-42,49-51,59,62,64,66,75,80,84,88,96,102,104,114H,8,13-22,26-28,30H2,1-7H3,(H,79,100)(H,85,99)(H,86,98)(H,89,105)(H,90,106)(H,91,101)(H,94,107)(H,95,115)(H,109,110)(H,111,112)(H,116,117,118)(H3,78,81,92,93,108)/t31-,32+,39-,40+,41+,42+,49+,50?,51?,59?,62?,64?,66?,75?/m1/s1. The quantitative estimate of drug-likeness (QED) is 0.00471. The molecule has 4 aliphatic rings. The van der Waals surface area contributed by atoms with Gasteiger partial charge in [0.25, 0.3) is 27.5 Å². The number of methoxy groups -OCH3 is 1. The first kappa shape index (κ1) is 94.1. The maximum absolute atomic E-state index is 14.7. The van der Waals surface area contributed by atoms with Gasteiger partial charge in [0.1, 0.15) is 61.0 Å². The largest absolute Gasteiger partial charge is 0.480 e. The first-order valence-corrected chi connectivity index (χ1v) is 43.1. The Labute approximate surface area is 712 Å². The summed E-state index contributed by atoms with van der Waals surface area (Å²) in [6.07, 6.45) is -10.6. The molecule has 8 bridgehead atoms. The van der Waals surface area contributed by atoms with Crippen LogP contribution in [0.5, 0.6) is 0 Å². The number of H-pyrrole nitrogens is 3. The Kier molecular flexibility index (Phi) is 31.4. The van der Waals surface area contributed by atoms with Crippen molar-refractivity contribution in [3.8, 4) is 0 Å². The SMILES string of the molecule is CC[C@H]1c2cc3[nH]c4c(c3C)C(=O)C(C(=O)OC)c4c3nc(cc4[nH]c(cc(n2)[C@@H]1C)c(C(C)=O)c4C)[C@@H](C)[C@@H]3CCC(=O)NC(CC(=O)NC1C(O)OC(CO)C(O)C1O)C(=O)NNC(=O)OCCSSCC[C@H](NC(=O)[C@H](CC(=O)NCCS(=O)(=O)O)NC(=O)CC[C@H](NC(=O)c1ccc(NCc2cnc3nc(N)[nH]c(=O)c3n2)cc1)C(=O)O)C(=O)O. The lowest BCUT2D eigenvalue weighted by Gasteiger charge is -2.40. The minimum absolute atomic E-state index is 0.00939. The highest BCUT2D eigenvalue weighted by atomic mass is 33.1. The van der Waals surface area contributed by atoms with E-state index in [2.05, 4.69) is 72.5 Å². The second-order valence-corrected chi connectivity index (χ2v) is 34.0. The number of carboxylic acids is 2. The fraction of sp³-hybridized carbons (Fsp3) is 0.468. The number of esters is 1. The second-order valence-electron chi connectivity index (χ2n) is 29.7. The topological polar surface area (TPSA) is 689 Å². The van der Waals surface area contributed by atoms with Crippen molar-refractivity contribution >= 4 is 153 Å². The number of amides is 8. The Morgan fingerprint density at radius 1 is 0.710 bits per heavy atom. The number of hydrogen-bond acceptors (Lipinski definition) is 32. The molecule has 0 spiro atoms. The smallest absolute Gasteiger partial charge is 0.426 e. The highest BCUT2D eigenvalue weighted by Crippen LogP contribution is 2.49. The van der Waals surface area contributed by atoms with Crippen LogP contribution in [0.15, 0.2) is 53.5 Å². The fourth-order valence-electron chi connectivity index (χ4n) is 14.8. The Balaban J connectivity index is 0.754. The van der Waals surface area contributed by atoms with Crippen LogP contribution in [0.3, 0.4) is 0 Å². The zero-order valence-electron chi connectivity index (χ0n) is 67.7. The lowest BCUT2D eigenvalue weighted by Crippen LogP contribution is -2.64. The minimum Gasteiger partial charge on any atom is -0.480 e. The molecule has 14 atom stereocenters. The number of aliphatic hydroxyl groups is 4. The molecule has 6 aromatic rings. The molecule has 1 aromatic carbocycles. The first-order valence-electron chi connectivity index (χ1n) is 39.0. The predicted octanol–water partition coefficient (Wildman–Crippen LogP) is 0.204. The van der Waals surface area contributed by atoms with Crippen LogP contribution in [0.1, 0.15) is 185 Å². The van der Waals surface area contributed by atoms with Gasteiger partial charge >= 0.3 is 24.0 Å². The number of fused-ring (bicyclic) bond motifs is 9. The molecular weight excluding hydrogens is 1690 g/mol. The van der Waals surface area contributed by atoms with E-state index >= 15 is 0 Å². The number of carbonyl (C=O) groups is 13. The number of benzene rings is 1. The third-order valence-corrected chi connectivity index (χ3v) is 24.5. The van der Waals surface area contributed by atoms with Crippen LogP contribution in [0.25, 0.3) is 33.2 Å². The second kappa shape index (κ2) is 41.4. The van der Waals surface area contributed by atoms with Crippen molar-refractivity contribution in [1.29, 1.82) is 0 Å². The summed E-state index contributed by atoms with van der Waals surface area (Å²) in [5.41, 5.74) is 15.7. The number of anilines is 2. The van der Waals surface area contributed by atoms with Crippen LogP contribution in [0.2, 0.25) is 0 Å². The summed E-state index contributed by atoms with van der Waals surface area (Å²) in [6.45, 7) is 9.03. The van der Waals surface area contributed by atoms with Gasteiger partial charge in [0.05, 0.1) is 67.5 Å². The van der Waals surface area contributed by atoms with Crippen molar-refractivity contribution in [2.45, 2.75) is 184 Å². The van der Waals surface area contributed by atoms with Crippen molar-refractivity contribution < 1.29 is 120 Å². The zero-order chi connectivity index (χ0) is 90.5. The molecule has 0 saturated carbocycles. The van der Waals surface area contributed by atoms with E-state index in [1.807, 2.05) is 38.3 Å². The molecule has 666 valence electrons. The third-order valence-electron chi connectivity index (χ3n) is 21.4. The van der Waals surface area contributed by atoms with Gasteiger partial charge < -0.3 is 97.8 Å². The molecule has 8 heterocycles. The summed E-state index contributed by atoms with van der Waals surface area (Å²) in [6, 6.07) is 2.18. The van der Waals surface area contributed by atoms with Crippen LogP contribution >= 0.6 is 21.6 Å². The minimum atomic E-state index is -4.59. The van der Waals surface area contributed by atoms with Crippen LogP contribution in [-0.4, -0.2) is 259 Å². The van der Waals surface area contributed by atoms with E-state index < -0.39 is 210 Å². The molecule has 1 saturated heterocycles. The summed E-state index contributed by atoms with van der Waals surface area (Å²) in [7, 11) is -1.39. The summed E-state index contributed by atoms with van der Waals surface area (Å²) >= 11 is 0. The predicted molar refractivity (Wildman–Crippen MR) is 442 cm³/mol. The molecule has 1 aliphatic carbocycles. The maximum atomic E-state index is 14.7. The van der Waals surface area contributed by atoms with Crippen molar-refractivity contribution in [2.75, 3.05) is 55.2 Å². The Hall–Kier alpha value is -12.1. The summed E-state index contributed by atoms with van der Waals surface area (Å²) in [4.78, 5) is 220. The zero-order valence-corrected chi connectivity index (χ0v) is 70.2. The van der Waals surface area contributed by atoms with Crippen molar-refractivity contribution in [1.82, 2.24) is 82.6 Å². The molecule has 124 heavy (non-hydrogen) atoms. The summed E-state index contributed by atoms with van der Waals surface area (Å²) in [5.74, 6) is -16.6. The number of ketones is 2. The molecule has 10 rings (SSSR count). The van der Waals surface area contributed by atoms with E-state index in [9.17, 15) is 106 Å². The van der Waals surface area contributed by atoms with E-state index in [1.165, 1.54) is 37.4 Å². The number of carbonyl (C=O) groups excluding carboxylic acids is 11. The maximum Gasteiger partial charge on any atom is 0.426 e. The third kappa shape index (κ3) is 23.0. The Bertz CT molecular complexity index is 5520. The molecule has 0 radical (unpaired) electrons. The van der Waals surface area contributed by atoms with Crippen LogP contribution in [0, 0.1) is 13.8 Å². The van der Waals surface area contributed by atoms with Crippen molar-refractivity contribution in [3.05, 3.63) is 121 Å². The van der Waals surface area contributed by atoms with Gasteiger partial charge in [-0.25, -0.2) is 29.8 Å². The van der Waals surface area contributed by atoms with Gasteiger partial charge in [-0.05, 0) is 100 Å². The van der Waals surface area contributed by atoms with Gasteiger partial charge in [0.2, 0.25) is 35.5 Å². The van der Waals surface area contributed by atoms with E-state index in [-0.39, 0.29) is 94.6 Å². The van der Waals surface area contributed by atoms with Crippen LogP contribution < -0.4 is 59.4 Å². The number of aromatic nitrogens is 8. The van der Waals surface area contributed by atoms with Gasteiger partial charge in [-0.1, -0.05) is 42.4 Å².